The summed E-state index contributed by atoms with van der Waals surface area (Å²) in [5, 5.41) is 14.7. The van der Waals surface area contributed by atoms with Crippen LogP contribution in [0.4, 0.5) is 0 Å². The lowest BCUT2D eigenvalue weighted by molar-refractivity contribution is 0.0940. The Kier molecular flexibility index (Phi) is 3.27. The van der Waals surface area contributed by atoms with Crippen LogP contribution in [0.15, 0.2) is 0 Å². The second-order valence-corrected chi connectivity index (χ2v) is 6.60. The third-order valence-electron chi connectivity index (χ3n) is 2.23. The lowest BCUT2D eigenvalue weighted by Crippen LogP contribution is -2.44. The van der Waals surface area contributed by atoms with Crippen molar-refractivity contribution in [1.82, 2.24) is 25.9 Å². The monoisotopic (exact) mass is 247 g/mol. The van der Waals surface area contributed by atoms with E-state index in [2.05, 4.69) is 25.9 Å². The van der Waals surface area contributed by atoms with Crippen LogP contribution in [0.1, 0.15) is 24.5 Å². The van der Waals surface area contributed by atoms with Gasteiger partial charge in [-0.15, -0.1) is 10.2 Å². The Bertz CT molecular complexity index is 464. The number of rotatable bonds is 4. The molecular weight excluding hydrogens is 234 g/mol. The average Bonchev–Trinajstić information content (AvgIpc) is 2.65. The molecule has 90 valence electrons. The molecule has 0 saturated carbocycles. The number of H-pyrrole nitrogens is 1. The maximum absolute atomic E-state index is 11.4. The van der Waals surface area contributed by atoms with Crippen LogP contribution in [-0.4, -0.2) is 52.5 Å². The van der Waals surface area contributed by atoms with E-state index in [0.29, 0.717) is 0 Å². The Morgan fingerprint density at radius 2 is 2.12 bits per heavy atom. The third-order valence-corrected chi connectivity index (χ3v) is 4.38. The smallest absolute Gasteiger partial charge is 0.292 e. The highest BCUT2D eigenvalue weighted by Crippen LogP contribution is 2.13. The fourth-order valence-corrected chi connectivity index (χ4v) is 1.10. The first kappa shape index (κ1) is 12.6. The number of aromatic nitrogens is 4. The van der Waals surface area contributed by atoms with Crippen molar-refractivity contribution < 1.29 is 13.2 Å². The van der Waals surface area contributed by atoms with Crippen LogP contribution in [0.3, 0.4) is 0 Å². The lowest BCUT2D eigenvalue weighted by atomic mass is 10.2. The van der Waals surface area contributed by atoms with Gasteiger partial charge in [-0.1, -0.05) is 0 Å². The summed E-state index contributed by atoms with van der Waals surface area (Å²) in [6.07, 6.45) is 1.12. The maximum Gasteiger partial charge on any atom is 0.292 e. The molecule has 16 heavy (non-hydrogen) atoms. The van der Waals surface area contributed by atoms with Crippen molar-refractivity contribution in [3.8, 4) is 0 Å². The highest BCUT2D eigenvalue weighted by atomic mass is 32.2. The zero-order valence-corrected chi connectivity index (χ0v) is 10.00. The molecule has 1 amide bonds. The molecule has 1 rings (SSSR count). The standard InChI is InChI=1S/C7H13N5O3S/c1-7(2,16(3,14)15)4-8-6(13)5-9-11-12-10-5/h4H2,1-3H3,(H,8,13)(H,9,10,11,12). The molecule has 0 aliphatic heterocycles. The highest BCUT2D eigenvalue weighted by Gasteiger charge is 2.30. The summed E-state index contributed by atoms with van der Waals surface area (Å²) in [6.45, 7) is 3.04. The number of hydrogen-bond donors (Lipinski definition) is 2. The number of amides is 1. The number of hydrogen-bond acceptors (Lipinski definition) is 6. The van der Waals surface area contributed by atoms with Gasteiger partial charge >= 0.3 is 0 Å². The molecule has 9 heteroatoms. The lowest BCUT2D eigenvalue weighted by Gasteiger charge is -2.22. The van der Waals surface area contributed by atoms with Crippen molar-refractivity contribution in [2.45, 2.75) is 18.6 Å². The first-order valence-corrected chi connectivity index (χ1v) is 6.34. The van der Waals surface area contributed by atoms with Gasteiger partial charge in [-0.2, -0.15) is 5.21 Å². The van der Waals surface area contributed by atoms with Crippen molar-refractivity contribution in [3.05, 3.63) is 5.82 Å². The molecule has 0 aromatic carbocycles. The van der Waals surface area contributed by atoms with Gasteiger partial charge in [0.1, 0.15) is 0 Å². The molecule has 0 atom stereocenters. The molecule has 1 aromatic heterocycles. The topological polar surface area (TPSA) is 118 Å². The number of carbonyl (C=O) groups is 1. The number of tetrazole rings is 1. The molecule has 0 aliphatic carbocycles. The Labute approximate surface area is 92.7 Å². The minimum absolute atomic E-state index is 0.0147. The maximum atomic E-state index is 11.4. The van der Waals surface area contributed by atoms with Crippen LogP contribution in [0.2, 0.25) is 0 Å². The zero-order valence-electron chi connectivity index (χ0n) is 9.18. The van der Waals surface area contributed by atoms with Gasteiger partial charge in [0.05, 0.1) is 4.75 Å². The summed E-state index contributed by atoms with van der Waals surface area (Å²) in [7, 11) is -3.25. The number of nitrogens with one attached hydrogen (secondary N) is 2. The van der Waals surface area contributed by atoms with E-state index in [1.807, 2.05) is 0 Å². The number of carbonyl (C=O) groups excluding carboxylic acids is 1. The zero-order chi connectivity index (χ0) is 12.4. The summed E-state index contributed by atoms with van der Waals surface area (Å²) in [5.41, 5.74) is 0. The Morgan fingerprint density at radius 1 is 1.50 bits per heavy atom. The fourth-order valence-electron chi connectivity index (χ4n) is 0.761. The minimum atomic E-state index is -3.25. The van der Waals surface area contributed by atoms with Gasteiger partial charge in [0, 0.05) is 12.8 Å². The van der Waals surface area contributed by atoms with E-state index in [9.17, 15) is 13.2 Å². The average molecular weight is 247 g/mol. The molecule has 0 bridgehead atoms. The molecule has 0 fully saturated rings. The number of nitrogens with zero attached hydrogens (tertiary/aromatic N) is 3. The first-order valence-electron chi connectivity index (χ1n) is 4.45. The van der Waals surface area contributed by atoms with Crippen LogP contribution in [0.25, 0.3) is 0 Å². The van der Waals surface area contributed by atoms with Crippen molar-refractivity contribution in [2.24, 2.45) is 0 Å². The van der Waals surface area contributed by atoms with E-state index >= 15 is 0 Å². The van der Waals surface area contributed by atoms with Crippen molar-refractivity contribution in [2.75, 3.05) is 12.8 Å². The van der Waals surface area contributed by atoms with Gasteiger partial charge in [-0.25, -0.2) is 8.42 Å². The molecule has 8 nitrogen and oxygen atoms in total. The van der Waals surface area contributed by atoms with E-state index in [1.165, 1.54) is 13.8 Å². The van der Waals surface area contributed by atoms with Crippen LogP contribution in [0, 0.1) is 0 Å². The molecule has 0 aliphatic rings. The van der Waals surface area contributed by atoms with Crippen molar-refractivity contribution in [3.63, 3.8) is 0 Å². The summed E-state index contributed by atoms with van der Waals surface area (Å²) < 4.78 is 21.7. The normalized spacial score (nSPS) is 12.4. The number of sulfone groups is 1. The SMILES string of the molecule is CC(C)(CNC(=O)c1nn[nH]n1)S(C)(=O)=O. The van der Waals surface area contributed by atoms with Crippen LogP contribution < -0.4 is 5.32 Å². The number of aromatic amines is 1. The molecular formula is C7H13N5O3S. The molecule has 0 unspecified atom stereocenters. The predicted octanol–water partition coefficient (Wildman–Crippen LogP) is -1.25. The Balaban J connectivity index is 2.63. The summed E-state index contributed by atoms with van der Waals surface area (Å²) >= 11 is 0. The quantitative estimate of drug-likeness (QED) is 0.686. The Morgan fingerprint density at radius 3 is 2.56 bits per heavy atom. The third kappa shape index (κ3) is 2.75. The van der Waals surface area contributed by atoms with Gasteiger partial charge in [0.2, 0.25) is 0 Å². The highest BCUT2D eigenvalue weighted by molar-refractivity contribution is 7.92. The van der Waals surface area contributed by atoms with Gasteiger partial charge in [-0.05, 0) is 19.1 Å². The van der Waals surface area contributed by atoms with E-state index in [4.69, 9.17) is 0 Å². The van der Waals surface area contributed by atoms with Gasteiger partial charge in [0.25, 0.3) is 11.7 Å². The molecule has 0 spiro atoms. The van der Waals surface area contributed by atoms with Crippen LogP contribution in [-0.2, 0) is 9.84 Å². The molecule has 0 saturated heterocycles. The van der Waals surface area contributed by atoms with Gasteiger partial charge in [0.15, 0.2) is 9.84 Å². The second-order valence-electron chi connectivity index (χ2n) is 3.95. The molecule has 1 aromatic rings. The van der Waals surface area contributed by atoms with Gasteiger partial charge in [-0.3, -0.25) is 4.79 Å². The Hall–Kier alpha value is -1.51. The van der Waals surface area contributed by atoms with E-state index < -0.39 is 20.5 Å². The molecule has 1 heterocycles. The van der Waals surface area contributed by atoms with E-state index in [0.717, 1.165) is 6.26 Å². The minimum Gasteiger partial charge on any atom is -0.348 e. The van der Waals surface area contributed by atoms with E-state index in [1.54, 1.807) is 0 Å². The van der Waals surface area contributed by atoms with Crippen LogP contribution in [0.5, 0.6) is 0 Å². The molecule has 0 radical (unpaired) electrons. The predicted molar refractivity (Wildman–Crippen MR) is 55.4 cm³/mol. The first-order chi connectivity index (χ1) is 7.24. The second kappa shape index (κ2) is 4.16. The van der Waals surface area contributed by atoms with Gasteiger partial charge < -0.3 is 5.32 Å². The summed E-state index contributed by atoms with van der Waals surface area (Å²) in [4.78, 5) is 11.4. The van der Waals surface area contributed by atoms with E-state index in [-0.39, 0.29) is 12.4 Å². The van der Waals surface area contributed by atoms with Crippen molar-refractivity contribution in [1.29, 1.82) is 0 Å². The van der Waals surface area contributed by atoms with Crippen LogP contribution >= 0.6 is 0 Å². The largest absolute Gasteiger partial charge is 0.348 e. The van der Waals surface area contributed by atoms with Crippen molar-refractivity contribution >= 4 is 15.7 Å². The summed E-state index contributed by atoms with van der Waals surface area (Å²) in [6, 6.07) is 0. The summed E-state index contributed by atoms with van der Waals surface area (Å²) in [5.74, 6) is -0.685. The fraction of sp³-hybridized carbons (Fsp3) is 0.714. The molecule has 2 N–H and O–H groups in total.